The van der Waals surface area contributed by atoms with E-state index in [9.17, 15) is 5.11 Å². The zero-order valence-electron chi connectivity index (χ0n) is 15.9. The Bertz CT molecular complexity index is 939. The molecule has 5 nitrogen and oxygen atoms in total. The zero-order chi connectivity index (χ0) is 19.5. The lowest BCUT2D eigenvalue weighted by Gasteiger charge is -2.33. The lowest BCUT2D eigenvalue weighted by atomic mass is 9.90. The van der Waals surface area contributed by atoms with Gasteiger partial charge in [0.2, 0.25) is 0 Å². The van der Waals surface area contributed by atoms with Crippen LogP contribution in [0.25, 0.3) is 11.1 Å². The zero-order valence-corrected chi connectivity index (χ0v) is 16.6. The minimum Gasteiger partial charge on any atom is -0.508 e. The molecule has 6 heteroatoms. The monoisotopic (exact) mass is 397 g/mol. The number of hydrogen-bond acceptors (Lipinski definition) is 4. The Labute approximate surface area is 169 Å². The molecule has 0 spiro atoms. The number of aromatic hydroxyl groups is 1. The smallest absolute Gasteiger partial charge is 0.120 e. The van der Waals surface area contributed by atoms with Crippen molar-refractivity contribution in [2.45, 2.75) is 25.3 Å². The highest BCUT2D eigenvalue weighted by Gasteiger charge is 2.25. The van der Waals surface area contributed by atoms with Crippen molar-refractivity contribution in [1.29, 1.82) is 0 Å². The maximum absolute atomic E-state index is 10.2. The fourth-order valence-electron chi connectivity index (χ4n) is 3.96. The molecule has 1 saturated heterocycles. The molecular weight excluding hydrogens is 374 g/mol. The van der Waals surface area contributed by atoms with Crippen LogP contribution in [0.5, 0.6) is 11.5 Å². The van der Waals surface area contributed by atoms with Gasteiger partial charge in [-0.15, -0.1) is 0 Å². The van der Waals surface area contributed by atoms with Crippen LogP contribution in [0.4, 0.5) is 0 Å². The second-order valence-corrected chi connectivity index (χ2v) is 7.71. The number of methoxy groups -OCH3 is 1. The highest BCUT2D eigenvalue weighted by Crippen LogP contribution is 2.34. The van der Waals surface area contributed by atoms with Gasteiger partial charge >= 0.3 is 0 Å². The molecule has 1 atom stereocenters. The van der Waals surface area contributed by atoms with E-state index >= 15 is 0 Å². The second-order valence-electron chi connectivity index (χ2n) is 7.27. The normalized spacial score (nSPS) is 17.6. The molecule has 0 aliphatic carbocycles. The van der Waals surface area contributed by atoms with Crippen molar-refractivity contribution in [3.8, 4) is 22.6 Å². The number of piperidine rings is 1. The number of halogens is 1. The molecule has 0 radical (unpaired) electrons. The Morgan fingerprint density at radius 1 is 1.25 bits per heavy atom. The number of benzene rings is 2. The molecule has 146 valence electrons. The summed E-state index contributed by atoms with van der Waals surface area (Å²) in [6.07, 6.45) is 4.11. The fourth-order valence-corrected chi connectivity index (χ4v) is 4.08. The van der Waals surface area contributed by atoms with Gasteiger partial charge in [-0.25, -0.2) is 0 Å². The lowest BCUT2D eigenvalue weighted by Crippen LogP contribution is -2.34. The summed E-state index contributed by atoms with van der Waals surface area (Å²) < 4.78 is 5.30. The van der Waals surface area contributed by atoms with Gasteiger partial charge in [0.1, 0.15) is 11.5 Å². The first-order chi connectivity index (χ1) is 13.6. The Hall–Kier alpha value is -2.50. The van der Waals surface area contributed by atoms with Crippen LogP contribution in [-0.2, 0) is 6.54 Å². The Kier molecular flexibility index (Phi) is 5.55. The molecule has 1 aliphatic heterocycles. The molecule has 0 unspecified atom stereocenters. The maximum Gasteiger partial charge on any atom is 0.120 e. The standard InChI is InChI=1S/C22H24ClN3O2/c1-28-19-8-9-21(27)17(11-19)14-26-10-2-3-16(13-26)22-20(12-24-25-22)15-4-6-18(23)7-5-15/h4-9,11-12,16,27H,2-3,10,13-14H2,1H3,(H,24,25)/t16-/m0/s1. The first-order valence-electron chi connectivity index (χ1n) is 9.51. The van der Waals surface area contributed by atoms with Gasteiger partial charge in [0, 0.05) is 40.9 Å². The van der Waals surface area contributed by atoms with E-state index in [0.717, 1.165) is 53.4 Å². The summed E-state index contributed by atoms with van der Waals surface area (Å²) in [6, 6.07) is 13.3. The van der Waals surface area contributed by atoms with Crippen molar-refractivity contribution in [2.75, 3.05) is 20.2 Å². The van der Waals surface area contributed by atoms with E-state index in [1.807, 2.05) is 36.5 Å². The summed E-state index contributed by atoms with van der Waals surface area (Å²) in [5, 5.41) is 18.5. The predicted octanol–water partition coefficient (Wildman–Crippen LogP) is 4.82. The summed E-state index contributed by atoms with van der Waals surface area (Å²) in [4.78, 5) is 2.38. The molecule has 0 amide bonds. The summed E-state index contributed by atoms with van der Waals surface area (Å²) in [5.41, 5.74) is 4.31. The van der Waals surface area contributed by atoms with E-state index in [4.69, 9.17) is 16.3 Å². The summed E-state index contributed by atoms with van der Waals surface area (Å²) in [6.45, 7) is 2.63. The molecule has 1 aliphatic rings. The van der Waals surface area contributed by atoms with Crippen molar-refractivity contribution < 1.29 is 9.84 Å². The first-order valence-corrected chi connectivity index (χ1v) is 9.89. The summed E-state index contributed by atoms with van der Waals surface area (Å²) in [5.74, 6) is 1.45. The molecule has 4 rings (SSSR count). The third-order valence-electron chi connectivity index (χ3n) is 5.42. The molecule has 2 N–H and O–H groups in total. The number of nitrogens with one attached hydrogen (secondary N) is 1. The lowest BCUT2D eigenvalue weighted by molar-refractivity contribution is 0.196. The largest absolute Gasteiger partial charge is 0.508 e. The number of H-pyrrole nitrogens is 1. The summed E-state index contributed by atoms with van der Waals surface area (Å²) >= 11 is 6.03. The van der Waals surface area contributed by atoms with Crippen LogP contribution in [-0.4, -0.2) is 40.4 Å². The quantitative estimate of drug-likeness (QED) is 0.647. The molecule has 0 saturated carbocycles. The highest BCUT2D eigenvalue weighted by molar-refractivity contribution is 6.30. The van der Waals surface area contributed by atoms with Gasteiger partial charge < -0.3 is 9.84 Å². The number of nitrogens with zero attached hydrogens (tertiary/aromatic N) is 2. The third-order valence-corrected chi connectivity index (χ3v) is 5.67. The number of ether oxygens (including phenoxy) is 1. The van der Waals surface area contributed by atoms with Gasteiger partial charge in [-0.1, -0.05) is 23.7 Å². The Morgan fingerprint density at radius 3 is 2.86 bits per heavy atom. The molecule has 0 bridgehead atoms. The Morgan fingerprint density at radius 2 is 2.07 bits per heavy atom. The van der Waals surface area contributed by atoms with E-state index in [-0.39, 0.29) is 0 Å². The van der Waals surface area contributed by atoms with Gasteiger partial charge in [0.15, 0.2) is 0 Å². The number of phenols is 1. The van der Waals surface area contributed by atoms with Crippen LogP contribution in [0, 0.1) is 0 Å². The molecule has 2 heterocycles. The maximum atomic E-state index is 10.2. The van der Waals surface area contributed by atoms with Crippen molar-refractivity contribution in [3.05, 3.63) is 64.9 Å². The van der Waals surface area contributed by atoms with Gasteiger partial charge in [0.05, 0.1) is 13.3 Å². The van der Waals surface area contributed by atoms with E-state index in [2.05, 4.69) is 15.1 Å². The number of likely N-dealkylation sites (tertiary alicyclic amines) is 1. The highest BCUT2D eigenvalue weighted by atomic mass is 35.5. The predicted molar refractivity (Wildman–Crippen MR) is 111 cm³/mol. The first kappa shape index (κ1) is 18.8. The van der Waals surface area contributed by atoms with E-state index in [1.54, 1.807) is 19.2 Å². The van der Waals surface area contributed by atoms with Crippen LogP contribution >= 0.6 is 11.6 Å². The van der Waals surface area contributed by atoms with E-state index in [0.29, 0.717) is 18.2 Å². The molecular formula is C22H24ClN3O2. The van der Waals surface area contributed by atoms with E-state index < -0.39 is 0 Å². The topological polar surface area (TPSA) is 61.4 Å². The number of phenolic OH excluding ortho intramolecular Hbond substituents is 1. The average molecular weight is 398 g/mol. The molecule has 2 aromatic carbocycles. The molecule has 28 heavy (non-hydrogen) atoms. The van der Waals surface area contributed by atoms with Crippen molar-refractivity contribution in [1.82, 2.24) is 15.1 Å². The van der Waals surface area contributed by atoms with Crippen LogP contribution in [0.2, 0.25) is 5.02 Å². The minimum absolute atomic E-state index is 0.311. The number of hydrogen-bond donors (Lipinski definition) is 2. The second kappa shape index (κ2) is 8.25. The average Bonchev–Trinajstić information content (AvgIpc) is 3.20. The summed E-state index contributed by atoms with van der Waals surface area (Å²) in [7, 11) is 1.64. The van der Waals surface area contributed by atoms with Gasteiger partial charge in [-0.3, -0.25) is 10.00 Å². The SMILES string of the molecule is COc1ccc(O)c(CN2CCC[C@H](c3[nH]ncc3-c3ccc(Cl)cc3)C2)c1. The Balaban J connectivity index is 1.52. The number of aromatic nitrogens is 2. The molecule has 1 aromatic heterocycles. The van der Waals surface area contributed by atoms with E-state index in [1.165, 1.54) is 5.69 Å². The van der Waals surface area contributed by atoms with Crippen LogP contribution in [0.3, 0.4) is 0 Å². The van der Waals surface area contributed by atoms with Crippen molar-refractivity contribution >= 4 is 11.6 Å². The van der Waals surface area contributed by atoms with Crippen LogP contribution in [0.1, 0.15) is 30.0 Å². The van der Waals surface area contributed by atoms with Gasteiger partial charge in [-0.2, -0.15) is 5.10 Å². The third kappa shape index (κ3) is 4.01. The van der Waals surface area contributed by atoms with Crippen molar-refractivity contribution in [3.63, 3.8) is 0 Å². The molecule has 1 fully saturated rings. The van der Waals surface area contributed by atoms with Crippen LogP contribution in [0.15, 0.2) is 48.7 Å². The van der Waals surface area contributed by atoms with Crippen molar-refractivity contribution in [2.24, 2.45) is 0 Å². The van der Waals surface area contributed by atoms with Gasteiger partial charge in [0.25, 0.3) is 0 Å². The minimum atomic E-state index is 0.311. The number of aromatic amines is 1. The number of rotatable bonds is 5. The fraction of sp³-hybridized carbons (Fsp3) is 0.318. The molecule has 3 aromatic rings. The van der Waals surface area contributed by atoms with Crippen LogP contribution < -0.4 is 4.74 Å². The van der Waals surface area contributed by atoms with Gasteiger partial charge in [-0.05, 0) is 55.3 Å².